The van der Waals surface area contributed by atoms with Gasteiger partial charge in [0.05, 0.1) is 12.9 Å². The molecule has 0 aliphatic heterocycles. The van der Waals surface area contributed by atoms with Crippen LogP contribution in [0.1, 0.15) is 6.92 Å². The minimum absolute atomic E-state index is 0.439. The van der Waals surface area contributed by atoms with Crippen LogP contribution in [0, 0.1) is 5.41 Å². The van der Waals surface area contributed by atoms with E-state index in [2.05, 4.69) is 29.6 Å². The molecule has 0 atom stereocenters. The zero-order valence-electron chi connectivity index (χ0n) is 11.9. The van der Waals surface area contributed by atoms with Gasteiger partial charge in [-0.2, -0.15) is 0 Å². The van der Waals surface area contributed by atoms with Crippen molar-refractivity contribution in [2.24, 2.45) is 0 Å². The van der Waals surface area contributed by atoms with Crippen LogP contribution >= 0.6 is 11.3 Å². The van der Waals surface area contributed by atoms with E-state index in [-0.39, 0.29) is 0 Å². The van der Waals surface area contributed by atoms with Gasteiger partial charge >= 0.3 is 0 Å². The second kappa shape index (κ2) is 5.58. The fraction of sp³-hybridized carbons (Fsp3) is 0.118. The van der Waals surface area contributed by atoms with Crippen molar-refractivity contribution < 1.29 is 4.74 Å². The van der Waals surface area contributed by atoms with Crippen LogP contribution in [0.5, 0.6) is 5.75 Å². The first-order valence-electron chi connectivity index (χ1n) is 6.66. The number of methoxy groups -OCH3 is 1. The van der Waals surface area contributed by atoms with Crippen LogP contribution in [0.15, 0.2) is 48.5 Å². The summed E-state index contributed by atoms with van der Waals surface area (Å²) >= 11 is 1.75. The normalized spacial score (nSPS) is 10.6. The van der Waals surface area contributed by atoms with Gasteiger partial charge < -0.3 is 10.1 Å². The summed E-state index contributed by atoms with van der Waals surface area (Å²) in [5, 5.41) is 11.7. The van der Waals surface area contributed by atoms with Gasteiger partial charge in [0, 0.05) is 20.8 Å². The van der Waals surface area contributed by atoms with Crippen molar-refractivity contribution in [3.63, 3.8) is 0 Å². The highest BCUT2D eigenvalue weighted by molar-refractivity contribution is 7.22. The Kier molecular flexibility index (Phi) is 3.62. The maximum Gasteiger partial charge on any atom is 0.127 e. The minimum atomic E-state index is 0.439. The van der Waals surface area contributed by atoms with Crippen molar-refractivity contribution in [3.8, 4) is 16.2 Å². The summed E-state index contributed by atoms with van der Waals surface area (Å²) in [6.07, 6.45) is 0. The number of amidine groups is 1. The van der Waals surface area contributed by atoms with Gasteiger partial charge in [0.15, 0.2) is 0 Å². The van der Waals surface area contributed by atoms with Crippen LogP contribution in [-0.2, 0) is 0 Å². The Bertz CT molecular complexity index is 807. The summed E-state index contributed by atoms with van der Waals surface area (Å²) in [5.41, 5.74) is 2.05. The molecule has 4 heteroatoms. The molecule has 2 N–H and O–H groups in total. The molecule has 106 valence electrons. The SMILES string of the molecule is COc1ccccc1-c1cc2cc(NC(C)=N)ccc2s1. The van der Waals surface area contributed by atoms with Crippen molar-refractivity contribution in [1.82, 2.24) is 0 Å². The summed E-state index contributed by atoms with van der Waals surface area (Å²) in [6.45, 7) is 1.73. The van der Waals surface area contributed by atoms with Crippen LogP contribution in [0.25, 0.3) is 20.5 Å². The molecule has 0 spiro atoms. The summed E-state index contributed by atoms with van der Waals surface area (Å²) < 4.78 is 6.66. The molecule has 1 aromatic heterocycles. The number of nitrogens with one attached hydrogen (secondary N) is 2. The topological polar surface area (TPSA) is 45.1 Å². The molecule has 0 aliphatic carbocycles. The van der Waals surface area contributed by atoms with Crippen molar-refractivity contribution >= 4 is 32.9 Å². The molecular formula is C17H16N2OS. The van der Waals surface area contributed by atoms with E-state index in [1.807, 2.05) is 24.3 Å². The lowest BCUT2D eigenvalue weighted by atomic mass is 10.1. The van der Waals surface area contributed by atoms with Gasteiger partial charge in [-0.15, -0.1) is 11.3 Å². The van der Waals surface area contributed by atoms with Gasteiger partial charge in [0.25, 0.3) is 0 Å². The second-order valence-corrected chi connectivity index (χ2v) is 5.90. The summed E-state index contributed by atoms with van der Waals surface area (Å²) in [7, 11) is 1.70. The molecule has 0 saturated carbocycles. The van der Waals surface area contributed by atoms with Crippen LogP contribution in [0.4, 0.5) is 5.69 Å². The zero-order chi connectivity index (χ0) is 14.8. The van der Waals surface area contributed by atoms with Gasteiger partial charge in [-0.3, -0.25) is 5.41 Å². The smallest absolute Gasteiger partial charge is 0.127 e. The molecule has 3 nitrogen and oxygen atoms in total. The largest absolute Gasteiger partial charge is 0.496 e. The van der Waals surface area contributed by atoms with Crippen molar-refractivity contribution in [3.05, 3.63) is 48.5 Å². The van der Waals surface area contributed by atoms with E-state index < -0.39 is 0 Å². The number of benzene rings is 2. The summed E-state index contributed by atoms with van der Waals surface area (Å²) in [5.74, 6) is 1.33. The number of hydrogen-bond acceptors (Lipinski definition) is 3. The third-order valence-corrected chi connectivity index (χ3v) is 4.37. The van der Waals surface area contributed by atoms with Gasteiger partial charge in [0.2, 0.25) is 0 Å². The molecule has 2 aromatic carbocycles. The van der Waals surface area contributed by atoms with E-state index >= 15 is 0 Å². The highest BCUT2D eigenvalue weighted by atomic mass is 32.1. The van der Waals surface area contributed by atoms with Crippen LogP contribution in [0.3, 0.4) is 0 Å². The molecular weight excluding hydrogens is 280 g/mol. The predicted octanol–water partition coefficient (Wildman–Crippen LogP) is 4.99. The molecule has 3 aromatic rings. The first-order valence-corrected chi connectivity index (χ1v) is 7.48. The zero-order valence-corrected chi connectivity index (χ0v) is 12.8. The average Bonchev–Trinajstić information content (AvgIpc) is 2.89. The molecule has 0 bridgehead atoms. The Morgan fingerprint density at radius 2 is 1.95 bits per heavy atom. The van der Waals surface area contributed by atoms with E-state index in [1.54, 1.807) is 25.4 Å². The van der Waals surface area contributed by atoms with Crippen molar-refractivity contribution in [2.75, 3.05) is 12.4 Å². The molecule has 0 saturated heterocycles. The average molecular weight is 296 g/mol. The number of thiophene rings is 1. The monoisotopic (exact) mass is 296 g/mol. The summed E-state index contributed by atoms with van der Waals surface area (Å²) in [6, 6.07) is 16.4. The highest BCUT2D eigenvalue weighted by Gasteiger charge is 2.09. The quantitative estimate of drug-likeness (QED) is 0.528. The Morgan fingerprint density at radius 3 is 2.71 bits per heavy atom. The van der Waals surface area contributed by atoms with Gasteiger partial charge in [0.1, 0.15) is 5.75 Å². The van der Waals surface area contributed by atoms with E-state index in [9.17, 15) is 0 Å². The van der Waals surface area contributed by atoms with E-state index in [0.717, 1.165) is 17.0 Å². The number of hydrogen-bond donors (Lipinski definition) is 2. The van der Waals surface area contributed by atoms with Crippen LogP contribution < -0.4 is 10.1 Å². The third-order valence-electron chi connectivity index (χ3n) is 3.22. The maximum atomic E-state index is 7.51. The van der Waals surface area contributed by atoms with E-state index in [4.69, 9.17) is 10.1 Å². The van der Waals surface area contributed by atoms with Gasteiger partial charge in [-0.05, 0) is 48.7 Å². The number of fused-ring (bicyclic) bond motifs is 1. The highest BCUT2D eigenvalue weighted by Crippen LogP contribution is 2.38. The van der Waals surface area contributed by atoms with E-state index in [1.165, 1.54) is 15.0 Å². The van der Waals surface area contributed by atoms with Crippen LogP contribution in [0.2, 0.25) is 0 Å². The Hall–Kier alpha value is -2.33. The molecule has 0 radical (unpaired) electrons. The van der Waals surface area contributed by atoms with Gasteiger partial charge in [-0.1, -0.05) is 12.1 Å². The number of rotatable bonds is 3. The fourth-order valence-corrected chi connectivity index (χ4v) is 3.39. The lowest BCUT2D eigenvalue weighted by molar-refractivity contribution is 0.416. The third kappa shape index (κ3) is 2.76. The Morgan fingerprint density at radius 1 is 1.14 bits per heavy atom. The van der Waals surface area contributed by atoms with E-state index in [0.29, 0.717) is 5.84 Å². The number of anilines is 1. The fourth-order valence-electron chi connectivity index (χ4n) is 2.32. The molecule has 0 amide bonds. The lowest BCUT2D eigenvalue weighted by Crippen LogP contribution is -2.04. The number of ether oxygens (including phenoxy) is 1. The lowest BCUT2D eigenvalue weighted by Gasteiger charge is -2.05. The van der Waals surface area contributed by atoms with Crippen molar-refractivity contribution in [2.45, 2.75) is 6.92 Å². The molecule has 0 fully saturated rings. The maximum absolute atomic E-state index is 7.51. The minimum Gasteiger partial charge on any atom is -0.496 e. The predicted molar refractivity (Wildman–Crippen MR) is 90.8 cm³/mol. The molecule has 0 aliphatic rings. The second-order valence-electron chi connectivity index (χ2n) is 4.81. The molecule has 1 heterocycles. The van der Waals surface area contributed by atoms with Gasteiger partial charge in [-0.25, -0.2) is 0 Å². The van der Waals surface area contributed by atoms with Crippen LogP contribution in [-0.4, -0.2) is 12.9 Å². The molecule has 3 rings (SSSR count). The van der Waals surface area contributed by atoms with Crippen molar-refractivity contribution in [1.29, 1.82) is 5.41 Å². The summed E-state index contributed by atoms with van der Waals surface area (Å²) in [4.78, 5) is 1.19. The first-order chi connectivity index (χ1) is 10.2. The Balaban J connectivity index is 2.06. The number of para-hydroxylation sites is 1. The Labute approximate surface area is 127 Å². The first kappa shape index (κ1) is 13.6. The molecule has 21 heavy (non-hydrogen) atoms. The molecule has 0 unspecified atom stereocenters. The standard InChI is InChI=1S/C17H16N2OS/c1-11(18)19-13-7-8-16-12(9-13)10-17(21-16)14-5-3-4-6-15(14)20-2/h3-10H,1-2H3,(H2,18,19).